The number of nitrogens with zero attached hydrogens (tertiary/aromatic N) is 1. The summed E-state index contributed by atoms with van der Waals surface area (Å²) in [5.41, 5.74) is 0.733. The van der Waals surface area contributed by atoms with Crippen LogP contribution in [0.15, 0.2) is 12.1 Å². The van der Waals surface area contributed by atoms with E-state index in [4.69, 9.17) is 9.47 Å². The predicted octanol–water partition coefficient (Wildman–Crippen LogP) is 1.53. The van der Waals surface area contributed by atoms with Crippen LogP contribution in [-0.4, -0.2) is 36.1 Å². The van der Waals surface area contributed by atoms with Gasteiger partial charge in [0.1, 0.15) is 19.3 Å². The van der Waals surface area contributed by atoms with Crippen molar-refractivity contribution in [1.29, 1.82) is 0 Å². The minimum atomic E-state index is -0.621. The van der Waals surface area contributed by atoms with E-state index in [1.165, 1.54) is 18.3 Å². The second-order valence-corrected chi connectivity index (χ2v) is 5.92. The molecule has 7 nitrogen and oxygen atoms in total. The second kappa shape index (κ2) is 5.80. The quantitative estimate of drug-likeness (QED) is 0.895. The molecule has 1 aliphatic heterocycles. The molecule has 0 spiro atoms. The molecule has 1 aromatic carbocycles. The number of rotatable bonds is 3. The van der Waals surface area contributed by atoms with Gasteiger partial charge in [-0.3, -0.25) is 9.59 Å². The molecule has 1 aliphatic rings. The van der Waals surface area contributed by atoms with Crippen LogP contribution in [0.5, 0.6) is 11.5 Å². The molecule has 116 valence electrons. The molecule has 0 fully saturated rings. The number of benzene rings is 1. The molecule has 1 aromatic heterocycles. The van der Waals surface area contributed by atoms with Crippen LogP contribution >= 0.6 is 11.3 Å². The van der Waals surface area contributed by atoms with Gasteiger partial charge in [0.25, 0.3) is 0 Å². The lowest BCUT2D eigenvalue weighted by Crippen LogP contribution is -2.40. The van der Waals surface area contributed by atoms with Crippen molar-refractivity contribution in [3.8, 4) is 11.5 Å². The van der Waals surface area contributed by atoms with E-state index in [1.54, 1.807) is 13.0 Å². The van der Waals surface area contributed by atoms with Crippen molar-refractivity contribution in [3.05, 3.63) is 12.1 Å². The van der Waals surface area contributed by atoms with Crippen LogP contribution < -0.4 is 20.1 Å². The Bertz CT molecular complexity index is 700. The van der Waals surface area contributed by atoms with Crippen molar-refractivity contribution < 1.29 is 19.1 Å². The van der Waals surface area contributed by atoms with Crippen molar-refractivity contribution >= 4 is 38.5 Å². The van der Waals surface area contributed by atoms with Crippen LogP contribution in [0, 0.1) is 0 Å². The smallest absolute Gasteiger partial charge is 0.248 e. The molecule has 22 heavy (non-hydrogen) atoms. The molecule has 0 saturated heterocycles. The largest absolute Gasteiger partial charge is 0.486 e. The Balaban J connectivity index is 1.80. The summed E-state index contributed by atoms with van der Waals surface area (Å²) in [5, 5.41) is 5.70. The number of anilines is 1. The molecule has 2 N–H and O–H groups in total. The van der Waals surface area contributed by atoms with E-state index in [-0.39, 0.29) is 11.8 Å². The Labute approximate surface area is 130 Å². The van der Waals surface area contributed by atoms with Crippen molar-refractivity contribution in [1.82, 2.24) is 10.3 Å². The Morgan fingerprint density at radius 3 is 2.64 bits per heavy atom. The standard InChI is InChI=1S/C14H15N3O4S/c1-7(15-8(2)18)13(19)17-14-16-9-5-10-11(6-12(9)22-14)21-4-3-20-10/h5-7H,3-4H2,1-2H3,(H,15,18)(H,16,17,19). The highest BCUT2D eigenvalue weighted by Crippen LogP contribution is 2.37. The number of nitrogens with one attached hydrogen (secondary N) is 2. The fourth-order valence-corrected chi connectivity index (χ4v) is 2.98. The van der Waals surface area contributed by atoms with Gasteiger partial charge in [0, 0.05) is 19.1 Å². The van der Waals surface area contributed by atoms with Gasteiger partial charge in [0.15, 0.2) is 16.6 Å². The van der Waals surface area contributed by atoms with E-state index in [1.807, 2.05) is 6.07 Å². The van der Waals surface area contributed by atoms with E-state index in [0.29, 0.717) is 29.8 Å². The summed E-state index contributed by atoms with van der Waals surface area (Å²) in [7, 11) is 0. The zero-order chi connectivity index (χ0) is 15.7. The van der Waals surface area contributed by atoms with Crippen molar-refractivity contribution in [2.75, 3.05) is 18.5 Å². The highest BCUT2D eigenvalue weighted by atomic mass is 32.1. The Hall–Kier alpha value is -2.35. The first kappa shape index (κ1) is 14.6. The molecular weight excluding hydrogens is 306 g/mol. The van der Waals surface area contributed by atoms with Gasteiger partial charge < -0.3 is 20.1 Å². The molecule has 2 heterocycles. The van der Waals surface area contributed by atoms with E-state index < -0.39 is 6.04 Å². The minimum absolute atomic E-state index is 0.256. The highest BCUT2D eigenvalue weighted by Gasteiger charge is 2.18. The summed E-state index contributed by atoms with van der Waals surface area (Å²) in [6.07, 6.45) is 0. The zero-order valence-electron chi connectivity index (χ0n) is 12.1. The maximum absolute atomic E-state index is 12.0. The number of thiazole rings is 1. The lowest BCUT2D eigenvalue weighted by molar-refractivity contribution is -0.124. The van der Waals surface area contributed by atoms with Crippen molar-refractivity contribution in [2.45, 2.75) is 19.9 Å². The maximum atomic E-state index is 12.0. The summed E-state index contributed by atoms with van der Waals surface area (Å²) >= 11 is 1.34. The first-order valence-corrected chi connectivity index (χ1v) is 7.63. The van der Waals surface area contributed by atoms with Crippen molar-refractivity contribution in [3.63, 3.8) is 0 Å². The summed E-state index contributed by atoms with van der Waals surface area (Å²) in [6.45, 7) is 4.02. The summed E-state index contributed by atoms with van der Waals surface area (Å²) < 4.78 is 11.9. The number of ether oxygens (including phenoxy) is 2. The highest BCUT2D eigenvalue weighted by molar-refractivity contribution is 7.22. The average molecular weight is 321 g/mol. The van der Waals surface area contributed by atoms with Crippen LogP contribution in [0.1, 0.15) is 13.8 Å². The molecule has 0 saturated carbocycles. The van der Waals surface area contributed by atoms with Crippen LogP contribution in [0.25, 0.3) is 10.2 Å². The molecular formula is C14H15N3O4S. The number of fused-ring (bicyclic) bond motifs is 2. The fourth-order valence-electron chi connectivity index (χ4n) is 2.10. The normalized spacial score (nSPS) is 14.5. The van der Waals surface area contributed by atoms with Crippen LogP contribution in [0.3, 0.4) is 0 Å². The lowest BCUT2D eigenvalue weighted by Gasteiger charge is -2.17. The fraction of sp³-hybridized carbons (Fsp3) is 0.357. The van der Waals surface area contributed by atoms with E-state index in [0.717, 1.165) is 10.2 Å². The summed E-state index contributed by atoms with van der Waals surface area (Å²) in [5.74, 6) is 0.779. The maximum Gasteiger partial charge on any atom is 0.248 e. The number of hydrogen-bond donors (Lipinski definition) is 2. The van der Waals surface area contributed by atoms with E-state index in [9.17, 15) is 9.59 Å². The first-order chi connectivity index (χ1) is 10.5. The second-order valence-electron chi connectivity index (χ2n) is 4.89. The monoisotopic (exact) mass is 321 g/mol. The number of carbonyl (C=O) groups is 2. The molecule has 0 aliphatic carbocycles. The number of carbonyl (C=O) groups excluding carboxylic acids is 2. The third-order valence-corrected chi connectivity index (χ3v) is 4.03. The molecule has 0 radical (unpaired) electrons. The van der Waals surface area contributed by atoms with Gasteiger partial charge in [0.05, 0.1) is 10.2 Å². The van der Waals surface area contributed by atoms with Gasteiger partial charge >= 0.3 is 0 Å². The SMILES string of the molecule is CC(=O)NC(C)C(=O)Nc1nc2cc3c(cc2s1)OCCO3. The molecule has 0 bridgehead atoms. The molecule has 1 unspecified atom stereocenters. The van der Waals surface area contributed by atoms with E-state index >= 15 is 0 Å². The van der Waals surface area contributed by atoms with Gasteiger partial charge in [-0.2, -0.15) is 0 Å². The topological polar surface area (TPSA) is 89.6 Å². The van der Waals surface area contributed by atoms with Gasteiger partial charge in [0.2, 0.25) is 11.8 Å². The van der Waals surface area contributed by atoms with Crippen LogP contribution in [0.2, 0.25) is 0 Å². The Morgan fingerprint density at radius 1 is 1.27 bits per heavy atom. The van der Waals surface area contributed by atoms with Gasteiger partial charge in [-0.1, -0.05) is 11.3 Å². The van der Waals surface area contributed by atoms with E-state index in [2.05, 4.69) is 15.6 Å². The molecule has 8 heteroatoms. The Morgan fingerprint density at radius 2 is 1.95 bits per heavy atom. The lowest BCUT2D eigenvalue weighted by atomic mass is 10.3. The number of hydrogen-bond acceptors (Lipinski definition) is 6. The first-order valence-electron chi connectivity index (χ1n) is 6.81. The van der Waals surface area contributed by atoms with Crippen LogP contribution in [-0.2, 0) is 9.59 Å². The van der Waals surface area contributed by atoms with Gasteiger partial charge in [-0.15, -0.1) is 0 Å². The number of amides is 2. The number of aromatic nitrogens is 1. The molecule has 2 aromatic rings. The van der Waals surface area contributed by atoms with Crippen LogP contribution in [0.4, 0.5) is 5.13 Å². The Kier molecular flexibility index (Phi) is 3.84. The zero-order valence-corrected chi connectivity index (χ0v) is 13.0. The van der Waals surface area contributed by atoms with Gasteiger partial charge in [-0.25, -0.2) is 4.98 Å². The third-order valence-electron chi connectivity index (χ3n) is 3.10. The summed E-state index contributed by atoms with van der Waals surface area (Å²) in [4.78, 5) is 27.3. The molecule has 3 rings (SSSR count). The average Bonchev–Trinajstić information content (AvgIpc) is 2.84. The third kappa shape index (κ3) is 2.96. The van der Waals surface area contributed by atoms with Gasteiger partial charge in [-0.05, 0) is 6.92 Å². The minimum Gasteiger partial charge on any atom is -0.486 e. The molecule has 1 atom stereocenters. The summed E-state index contributed by atoms with van der Waals surface area (Å²) in [6, 6.07) is 3.03. The predicted molar refractivity (Wildman–Crippen MR) is 82.5 cm³/mol. The van der Waals surface area contributed by atoms with Crippen molar-refractivity contribution in [2.24, 2.45) is 0 Å². The molecule has 2 amide bonds.